The Bertz CT molecular complexity index is 229. The number of carboxylic acids is 1. The van der Waals surface area contributed by atoms with E-state index < -0.39 is 22.9 Å². The molecule has 0 aliphatic heterocycles. The van der Waals surface area contributed by atoms with Crippen molar-refractivity contribution < 1.29 is 19.4 Å². The summed E-state index contributed by atoms with van der Waals surface area (Å²) < 4.78 is 4.94. The SMILES string of the molecule is CC(C)(C)OC(=O)SCC(N)C(=O)O.Cl. The first-order valence-corrected chi connectivity index (χ1v) is 5.05. The fourth-order valence-corrected chi connectivity index (χ4v) is 1.28. The minimum Gasteiger partial charge on any atom is -0.480 e. The number of nitrogens with two attached hydrogens (primary N) is 1. The lowest BCUT2D eigenvalue weighted by Gasteiger charge is -2.19. The van der Waals surface area contributed by atoms with Crippen LogP contribution in [0.5, 0.6) is 0 Å². The molecule has 0 aromatic heterocycles. The Kier molecular flexibility index (Phi) is 7.82. The lowest BCUT2D eigenvalue weighted by molar-refractivity contribution is -0.137. The second kappa shape index (κ2) is 6.92. The van der Waals surface area contributed by atoms with E-state index in [0.717, 1.165) is 11.8 Å². The predicted octanol–water partition coefficient (Wildman–Crippen LogP) is 1.49. The summed E-state index contributed by atoms with van der Waals surface area (Å²) in [6, 6.07) is -1.03. The second-order valence-electron chi connectivity index (χ2n) is 3.72. The van der Waals surface area contributed by atoms with Crippen molar-refractivity contribution in [3.8, 4) is 0 Å². The molecule has 0 fully saturated rings. The summed E-state index contributed by atoms with van der Waals surface area (Å²) in [5.74, 6) is -1.11. The predicted molar refractivity (Wildman–Crippen MR) is 61.6 cm³/mol. The highest BCUT2D eigenvalue weighted by atomic mass is 35.5. The molecule has 0 aliphatic carbocycles. The molecule has 1 atom stereocenters. The molecule has 0 amide bonds. The van der Waals surface area contributed by atoms with E-state index in [-0.39, 0.29) is 18.2 Å². The Morgan fingerprint density at radius 2 is 1.93 bits per heavy atom. The summed E-state index contributed by atoms with van der Waals surface area (Å²) in [7, 11) is 0. The maximum Gasteiger partial charge on any atom is 0.367 e. The Morgan fingerprint density at radius 1 is 1.47 bits per heavy atom. The first-order valence-electron chi connectivity index (χ1n) is 4.06. The number of hydrogen-bond acceptors (Lipinski definition) is 5. The molecule has 0 aromatic carbocycles. The molecule has 90 valence electrons. The van der Waals surface area contributed by atoms with Crippen LogP contribution in [0.1, 0.15) is 20.8 Å². The number of hydrogen-bond donors (Lipinski definition) is 2. The third-order valence-corrected chi connectivity index (χ3v) is 1.93. The zero-order valence-electron chi connectivity index (χ0n) is 8.85. The van der Waals surface area contributed by atoms with Crippen molar-refractivity contribution in [2.45, 2.75) is 32.4 Å². The minimum absolute atomic E-state index is 0. The number of halogens is 1. The molecule has 0 rings (SSSR count). The van der Waals surface area contributed by atoms with Crippen LogP contribution >= 0.6 is 24.2 Å². The van der Waals surface area contributed by atoms with Gasteiger partial charge in [0.15, 0.2) is 0 Å². The van der Waals surface area contributed by atoms with Crippen LogP contribution in [0.4, 0.5) is 4.79 Å². The fourth-order valence-electron chi connectivity index (χ4n) is 0.509. The van der Waals surface area contributed by atoms with Gasteiger partial charge in [0.2, 0.25) is 0 Å². The van der Waals surface area contributed by atoms with Gasteiger partial charge in [-0.2, -0.15) is 0 Å². The van der Waals surface area contributed by atoms with Gasteiger partial charge in [-0.3, -0.25) is 4.79 Å². The normalized spacial score (nSPS) is 12.5. The molecule has 1 unspecified atom stereocenters. The molecule has 0 saturated carbocycles. The van der Waals surface area contributed by atoms with Crippen molar-refractivity contribution in [3.05, 3.63) is 0 Å². The molecule has 0 spiro atoms. The van der Waals surface area contributed by atoms with E-state index in [0.29, 0.717) is 0 Å². The van der Waals surface area contributed by atoms with Crippen molar-refractivity contribution in [3.63, 3.8) is 0 Å². The van der Waals surface area contributed by atoms with Crippen molar-refractivity contribution >= 4 is 35.4 Å². The van der Waals surface area contributed by atoms with Crippen LogP contribution < -0.4 is 5.73 Å². The van der Waals surface area contributed by atoms with Gasteiger partial charge in [0, 0.05) is 5.75 Å². The standard InChI is InChI=1S/C8H15NO4S.ClH/c1-8(2,3)13-7(12)14-4-5(9)6(10)11;/h5H,4,9H2,1-3H3,(H,10,11);1H. The molecule has 0 bridgehead atoms. The zero-order valence-corrected chi connectivity index (χ0v) is 10.5. The Balaban J connectivity index is 0. The van der Waals surface area contributed by atoms with Gasteiger partial charge >= 0.3 is 11.3 Å². The molecule has 5 nitrogen and oxygen atoms in total. The fraction of sp³-hybridized carbons (Fsp3) is 0.750. The average Bonchev–Trinajstić information content (AvgIpc) is 1.96. The summed E-state index contributed by atoms with van der Waals surface area (Å²) in [5, 5.41) is 7.93. The number of carbonyl (C=O) groups excluding carboxylic acids is 1. The third kappa shape index (κ3) is 9.84. The number of carbonyl (C=O) groups is 2. The van der Waals surface area contributed by atoms with E-state index in [1.807, 2.05) is 0 Å². The van der Waals surface area contributed by atoms with Crippen LogP contribution in [-0.4, -0.2) is 33.8 Å². The van der Waals surface area contributed by atoms with Gasteiger partial charge < -0.3 is 15.6 Å². The van der Waals surface area contributed by atoms with Gasteiger partial charge in [-0.1, -0.05) is 0 Å². The van der Waals surface area contributed by atoms with E-state index in [9.17, 15) is 9.59 Å². The van der Waals surface area contributed by atoms with Crippen LogP contribution in [-0.2, 0) is 9.53 Å². The van der Waals surface area contributed by atoms with Crippen LogP contribution in [0.25, 0.3) is 0 Å². The number of rotatable bonds is 3. The lowest BCUT2D eigenvalue weighted by atomic mass is 10.2. The topological polar surface area (TPSA) is 89.6 Å². The quantitative estimate of drug-likeness (QED) is 0.745. The van der Waals surface area contributed by atoms with Crippen molar-refractivity contribution in [1.29, 1.82) is 0 Å². The largest absolute Gasteiger partial charge is 0.480 e. The van der Waals surface area contributed by atoms with Gasteiger partial charge in [-0.05, 0) is 32.5 Å². The molecular weight excluding hydrogens is 242 g/mol. The number of aliphatic carboxylic acids is 1. The summed E-state index contributed by atoms with van der Waals surface area (Å²) >= 11 is 0.773. The van der Waals surface area contributed by atoms with Crippen LogP contribution in [0.2, 0.25) is 0 Å². The lowest BCUT2D eigenvalue weighted by Crippen LogP contribution is -2.33. The smallest absolute Gasteiger partial charge is 0.367 e. The third-order valence-electron chi connectivity index (χ3n) is 1.09. The van der Waals surface area contributed by atoms with Crippen molar-refractivity contribution in [2.24, 2.45) is 5.73 Å². The highest BCUT2D eigenvalue weighted by molar-refractivity contribution is 8.13. The number of ether oxygens (including phenoxy) is 1. The van der Waals surface area contributed by atoms with E-state index in [2.05, 4.69) is 0 Å². The maximum absolute atomic E-state index is 11.1. The highest BCUT2D eigenvalue weighted by Crippen LogP contribution is 2.14. The van der Waals surface area contributed by atoms with Gasteiger partial charge in [-0.15, -0.1) is 12.4 Å². The van der Waals surface area contributed by atoms with E-state index in [4.69, 9.17) is 15.6 Å². The van der Waals surface area contributed by atoms with Gasteiger partial charge in [0.1, 0.15) is 11.6 Å². The molecule has 0 aromatic rings. The highest BCUT2D eigenvalue weighted by Gasteiger charge is 2.19. The van der Waals surface area contributed by atoms with E-state index in [1.54, 1.807) is 20.8 Å². The molecule has 0 heterocycles. The molecule has 0 aliphatic rings. The first kappa shape index (κ1) is 17.0. The summed E-state index contributed by atoms with van der Waals surface area (Å²) in [6.45, 7) is 5.22. The van der Waals surface area contributed by atoms with Crippen LogP contribution in [0.3, 0.4) is 0 Å². The molecule has 3 N–H and O–H groups in total. The minimum atomic E-state index is -1.12. The number of carboxylic acid groups (broad SMARTS) is 1. The zero-order chi connectivity index (χ0) is 11.4. The first-order chi connectivity index (χ1) is 6.22. The Hall–Kier alpha value is -0.460. The molecule has 0 radical (unpaired) electrons. The monoisotopic (exact) mass is 257 g/mol. The molecule has 0 saturated heterocycles. The summed E-state index contributed by atoms with van der Waals surface area (Å²) in [4.78, 5) is 21.4. The van der Waals surface area contributed by atoms with Gasteiger partial charge in [0.05, 0.1) is 0 Å². The van der Waals surface area contributed by atoms with Crippen molar-refractivity contribution in [2.75, 3.05) is 5.75 Å². The summed E-state index contributed by atoms with van der Waals surface area (Å²) in [5.41, 5.74) is 4.64. The molecule has 7 heteroatoms. The Morgan fingerprint density at radius 3 is 2.27 bits per heavy atom. The maximum atomic E-state index is 11.1. The van der Waals surface area contributed by atoms with Gasteiger partial charge in [0.25, 0.3) is 0 Å². The Labute approximate surface area is 99.1 Å². The van der Waals surface area contributed by atoms with E-state index in [1.165, 1.54) is 0 Å². The van der Waals surface area contributed by atoms with Crippen molar-refractivity contribution in [1.82, 2.24) is 0 Å². The van der Waals surface area contributed by atoms with E-state index >= 15 is 0 Å². The average molecular weight is 258 g/mol. The second-order valence-corrected chi connectivity index (χ2v) is 4.68. The molecular formula is C8H16ClNO4S. The van der Waals surface area contributed by atoms with Gasteiger partial charge in [-0.25, -0.2) is 4.79 Å². The van der Waals surface area contributed by atoms with Crippen LogP contribution in [0, 0.1) is 0 Å². The van der Waals surface area contributed by atoms with Crippen LogP contribution in [0.15, 0.2) is 0 Å². The number of thioether (sulfide) groups is 1. The molecule has 15 heavy (non-hydrogen) atoms. The summed E-state index contributed by atoms with van der Waals surface area (Å²) in [6.07, 6.45) is 0.